The predicted molar refractivity (Wildman–Crippen MR) is 83.6 cm³/mol. The normalized spacial score (nSPS) is 17.5. The molecule has 0 saturated heterocycles. The minimum Gasteiger partial charge on any atom is -0.379 e. The third-order valence-electron chi connectivity index (χ3n) is 4.00. The fourth-order valence-electron chi connectivity index (χ4n) is 2.66. The molecule has 1 aliphatic heterocycles. The maximum Gasteiger partial charge on any atom is 0.276 e. The second-order valence-corrected chi connectivity index (χ2v) is 5.77. The van der Waals surface area contributed by atoms with E-state index in [0.717, 1.165) is 11.4 Å². The van der Waals surface area contributed by atoms with Crippen LogP contribution in [0, 0.1) is 5.92 Å². The quantitative estimate of drug-likeness (QED) is 0.922. The van der Waals surface area contributed by atoms with Gasteiger partial charge >= 0.3 is 0 Å². The van der Waals surface area contributed by atoms with E-state index in [-0.39, 0.29) is 11.9 Å². The standard InChI is InChI=1S/C16H20N4O/c1-11(2)13-10-20(14-7-5-4-6-12(14)18-13)16(21)15-8-9-17-19(15)3/h4-9,11,13,18H,10H2,1-3H3/t13-/m0/s1. The first-order valence-corrected chi connectivity index (χ1v) is 7.23. The lowest BCUT2D eigenvalue weighted by Gasteiger charge is -2.37. The van der Waals surface area contributed by atoms with E-state index in [9.17, 15) is 4.79 Å². The van der Waals surface area contributed by atoms with Crippen LogP contribution in [0.5, 0.6) is 0 Å². The SMILES string of the molecule is CC(C)[C@@H]1CN(C(=O)c2ccnn2C)c2ccccc2N1. The van der Waals surface area contributed by atoms with Crippen LogP contribution >= 0.6 is 0 Å². The molecule has 0 radical (unpaired) electrons. The molecule has 0 saturated carbocycles. The number of benzene rings is 1. The lowest BCUT2D eigenvalue weighted by Crippen LogP contribution is -2.47. The summed E-state index contributed by atoms with van der Waals surface area (Å²) >= 11 is 0. The van der Waals surface area contributed by atoms with Crippen LogP contribution in [-0.4, -0.2) is 28.3 Å². The molecule has 5 heteroatoms. The zero-order valence-electron chi connectivity index (χ0n) is 12.6. The maximum absolute atomic E-state index is 12.8. The first kappa shape index (κ1) is 13.7. The minimum absolute atomic E-state index is 0.00500. The van der Waals surface area contributed by atoms with Crippen molar-refractivity contribution in [3.8, 4) is 0 Å². The minimum atomic E-state index is -0.00500. The molecule has 2 heterocycles. The Morgan fingerprint density at radius 3 is 2.76 bits per heavy atom. The Labute approximate surface area is 124 Å². The van der Waals surface area contributed by atoms with Crippen LogP contribution in [-0.2, 0) is 7.05 Å². The number of fused-ring (bicyclic) bond motifs is 1. The molecule has 2 aromatic rings. The molecular formula is C16H20N4O. The van der Waals surface area contributed by atoms with Crippen molar-refractivity contribution >= 4 is 17.3 Å². The fraction of sp³-hybridized carbons (Fsp3) is 0.375. The molecule has 0 unspecified atom stereocenters. The van der Waals surface area contributed by atoms with Crippen molar-refractivity contribution in [1.82, 2.24) is 9.78 Å². The van der Waals surface area contributed by atoms with Crippen LogP contribution in [0.2, 0.25) is 0 Å². The largest absolute Gasteiger partial charge is 0.379 e. The molecule has 1 N–H and O–H groups in total. The van der Waals surface area contributed by atoms with Crippen LogP contribution < -0.4 is 10.2 Å². The number of amides is 1. The van der Waals surface area contributed by atoms with Gasteiger partial charge in [-0.1, -0.05) is 26.0 Å². The molecule has 0 aliphatic carbocycles. The van der Waals surface area contributed by atoms with Gasteiger partial charge in [0.25, 0.3) is 5.91 Å². The number of nitrogens with zero attached hydrogens (tertiary/aromatic N) is 3. The van der Waals surface area contributed by atoms with Gasteiger partial charge in [-0.3, -0.25) is 9.48 Å². The summed E-state index contributed by atoms with van der Waals surface area (Å²) < 4.78 is 1.62. The molecular weight excluding hydrogens is 264 g/mol. The molecule has 0 spiro atoms. The maximum atomic E-state index is 12.8. The highest BCUT2D eigenvalue weighted by Gasteiger charge is 2.30. The second-order valence-electron chi connectivity index (χ2n) is 5.77. The average Bonchev–Trinajstić information content (AvgIpc) is 2.91. The Morgan fingerprint density at radius 2 is 2.10 bits per heavy atom. The molecule has 1 aromatic carbocycles. The molecule has 1 aromatic heterocycles. The van der Waals surface area contributed by atoms with Gasteiger partial charge in [0, 0.05) is 25.8 Å². The van der Waals surface area contributed by atoms with E-state index in [1.807, 2.05) is 29.2 Å². The number of anilines is 2. The van der Waals surface area contributed by atoms with Gasteiger partial charge in [-0.25, -0.2) is 0 Å². The number of aryl methyl sites for hydroxylation is 1. The van der Waals surface area contributed by atoms with Crippen molar-refractivity contribution in [2.75, 3.05) is 16.8 Å². The predicted octanol–water partition coefficient (Wildman–Crippen LogP) is 2.52. The van der Waals surface area contributed by atoms with Gasteiger partial charge in [-0.2, -0.15) is 5.10 Å². The molecule has 1 aliphatic rings. The van der Waals surface area contributed by atoms with Crippen LogP contribution in [0.15, 0.2) is 36.5 Å². The number of aromatic nitrogens is 2. The number of carbonyl (C=O) groups excluding carboxylic acids is 1. The van der Waals surface area contributed by atoms with E-state index in [0.29, 0.717) is 18.2 Å². The first-order valence-electron chi connectivity index (χ1n) is 7.23. The second kappa shape index (κ2) is 5.24. The Hall–Kier alpha value is -2.30. The van der Waals surface area contributed by atoms with Crippen LogP contribution in [0.25, 0.3) is 0 Å². The summed E-state index contributed by atoms with van der Waals surface area (Å²) in [7, 11) is 1.79. The molecule has 21 heavy (non-hydrogen) atoms. The van der Waals surface area contributed by atoms with E-state index in [2.05, 4.69) is 24.3 Å². The summed E-state index contributed by atoms with van der Waals surface area (Å²) in [6.07, 6.45) is 1.65. The molecule has 5 nitrogen and oxygen atoms in total. The van der Waals surface area contributed by atoms with E-state index in [1.165, 1.54) is 0 Å². The van der Waals surface area contributed by atoms with Crippen molar-refractivity contribution in [3.63, 3.8) is 0 Å². The number of hydrogen-bond acceptors (Lipinski definition) is 3. The first-order chi connectivity index (χ1) is 10.1. The highest BCUT2D eigenvalue weighted by Crippen LogP contribution is 2.33. The molecule has 0 fully saturated rings. The van der Waals surface area contributed by atoms with Gasteiger partial charge in [0.15, 0.2) is 0 Å². The zero-order chi connectivity index (χ0) is 15.0. The highest BCUT2D eigenvalue weighted by atomic mass is 16.2. The van der Waals surface area contributed by atoms with Crippen molar-refractivity contribution in [3.05, 3.63) is 42.2 Å². The van der Waals surface area contributed by atoms with Gasteiger partial charge < -0.3 is 10.2 Å². The summed E-state index contributed by atoms with van der Waals surface area (Å²) in [6.45, 7) is 5.00. The molecule has 110 valence electrons. The van der Waals surface area contributed by atoms with E-state index in [1.54, 1.807) is 24.0 Å². The van der Waals surface area contributed by atoms with Crippen molar-refractivity contribution < 1.29 is 4.79 Å². The van der Waals surface area contributed by atoms with Gasteiger partial charge in [0.05, 0.1) is 11.4 Å². The van der Waals surface area contributed by atoms with Gasteiger partial charge in [0.1, 0.15) is 5.69 Å². The monoisotopic (exact) mass is 284 g/mol. The van der Waals surface area contributed by atoms with Crippen molar-refractivity contribution in [1.29, 1.82) is 0 Å². The van der Waals surface area contributed by atoms with Crippen LogP contribution in [0.4, 0.5) is 11.4 Å². The Morgan fingerprint density at radius 1 is 1.33 bits per heavy atom. The smallest absolute Gasteiger partial charge is 0.276 e. The zero-order valence-corrected chi connectivity index (χ0v) is 12.6. The van der Waals surface area contributed by atoms with E-state index < -0.39 is 0 Å². The number of para-hydroxylation sites is 2. The molecule has 1 amide bonds. The van der Waals surface area contributed by atoms with Crippen LogP contribution in [0.3, 0.4) is 0 Å². The Bertz CT molecular complexity index is 662. The third kappa shape index (κ3) is 2.39. The fourth-order valence-corrected chi connectivity index (χ4v) is 2.66. The number of nitrogens with one attached hydrogen (secondary N) is 1. The molecule has 1 atom stereocenters. The average molecular weight is 284 g/mol. The summed E-state index contributed by atoms with van der Waals surface area (Å²) in [5, 5.41) is 7.62. The topological polar surface area (TPSA) is 50.2 Å². The Balaban J connectivity index is 2.00. The van der Waals surface area contributed by atoms with Crippen molar-refractivity contribution in [2.24, 2.45) is 13.0 Å². The lowest BCUT2D eigenvalue weighted by molar-refractivity contribution is 0.0974. The summed E-state index contributed by atoms with van der Waals surface area (Å²) in [5.74, 6) is 0.440. The molecule has 3 rings (SSSR count). The number of rotatable bonds is 2. The highest BCUT2D eigenvalue weighted by molar-refractivity contribution is 6.07. The van der Waals surface area contributed by atoms with Gasteiger partial charge in [0.2, 0.25) is 0 Å². The summed E-state index contributed by atoms with van der Waals surface area (Å²) in [4.78, 5) is 14.7. The summed E-state index contributed by atoms with van der Waals surface area (Å²) in [6, 6.07) is 9.95. The lowest BCUT2D eigenvalue weighted by atomic mass is 9.99. The molecule has 0 bridgehead atoms. The van der Waals surface area contributed by atoms with E-state index in [4.69, 9.17) is 0 Å². The van der Waals surface area contributed by atoms with Crippen LogP contribution in [0.1, 0.15) is 24.3 Å². The third-order valence-corrected chi connectivity index (χ3v) is 4.00. The number of hydrogen-bond donors (Lipinski definition) is 1. The van der Waals surface area contributed by atoms with Gasteiger partial charge in [-0.15, -0.1) is 0 Å². The Kier molecular flexibility index (Phi) is 3.41. The number of carbonyl (C=O) groups is 1. The van der Waals surface area contributed by atoms with E-state index >= 15 is 0 Å². The summed E-state index contributed by atoms with van der Waals surface area (Å²) in [5.41, 5.74) is 2.55. The van der Waals surface area contributed by atoms with Gasteiger partial charge in [-0.05, 0) is 24.1 Å². The van der Waals surface area contributed by atoms with Crippen molar-refractivity contribution in [2.45, 2.75) is 19.9 Å².